The zero-order chi connectivity index (χ0) is 23.3. The van der Waals surface area contributed by atoms with Gasteiger partial charge >= 0.3 is 0 Å². The van der Waals surface area contributed by atoms with Gasteiger partial charge in [-0.3, -0.25) is 4.72 Å². The maximum absolute atomic E-state index is 12.1. The Morgan fingerprint density at radius 2 is 1.78 bits per heavy atom. The van der Waals surface area contributed by atoms with Gasteiger partial charge in [0.05, 0.1) is 11.4 Å². The van der Waals surface area contributed by atoms with E-state index in [9.17, 15) is 8.42 Å². The maximum Gasteiger partial charge on any atom is 0.232 e. The third kappa shape index (κ3) is 6.68. The van der Waals surface area contributed by atoms with Gasteiger partial charge in [0, 0.05) is 22.0 Å². The highest BCUT2D eigenvalue weighted by Gasteiger charge is 2.13. The average molecular weight is 473 g/mol. The van der Waals surface area contributed by atoms with Gasteiger partial charge in [0.1, 0.15) is 0 Å². The monoisotopic (exact) mass is 472 g/mol. The molecule has 2 aromatic carbocycles. The van der Waals surface area contributed by atoms with Gasteiger partial charge in [0.25, 0.3) is 0 Å². The van der Waals surface area contributed by atoms with Gasteiger partial charge in [-0.25, -0.2) is 18.4 Å². The Balaban J connectivity index is 1.62. The van der Waals surface area contributed by atoms with E-state index in [0.717, 1.165) is 47.3 Å². The van der Waals surface area contributed by atoms with Crippen LogP contribution in [0.25, 0.3) is 11.3 Å². The summed E-state index contributed by atoms with van der Waals surface area (Å²) in [6, 6.07) is 15.2. The molecule has 8 heteroatoms. The molecule has 0 saturated carbocycles. The summed E-state index contributed by atoms with van der Waals surface area (Å²) in [5, 5.41) is 0.691. The lowest BCUT2D eigenvalue weighted by molar-refractivity contribution is 0.587. The van der Waals surface area contributed by atoms with Crippen molar-refractivity contribution < 1.29 is 8.42 Å². The second-order valence-electron chi connectivity index (χ2n) is 8.34. The highest BCUT2D eigenvalue weighted by Crippen LogP contribution is 2.28. The summed E-state index contributed by atoms with van der Waals surface area (Å²) in [6.45, 7) is 5.72. The first kappa shape index (κ1) is 24.0. The molecule has 1 aromatic heterocycles. The SMILES string of the molecule is Cc1c(Cl)cccc1-c1cc(CCCc2ccc(NS(=O)(=O)CC(C)C)cc2)nc(N)n1. The molecule has 6 nitrogen and oxygen atoms in total. The second kappa shape index (κ2) is 10.3. The summed E-state index contributed by atoms with van der Waals surface area (Å²) < 4.78 is 26.8. The van der Waals surface area contributed by atoms with Crippen LogP contribution in [0.4, 0.5) is 11.6 Å². The van der Waals surface area contributed by atoms with Gasteiger partial charge in [0.2, 0.25) is 16.0 Å². The van der Waals surface area contributed by atoms with E-state index in [0.29, 0.717) is 10.7 Å². The van der Waals surface area contributed by atoms with Crippen LogP contribution in [-0.4, -0.2) is 24.1 Å². The van der Waals surface area contributed by atoms with Crippen LogP contribution in [0.3, 0.4) is 0 Å². The van der Waals surface area contributed by atoms with Crippen LogP contribution >= 0.6 is 11.6 Å². The minimum Gasteiger partial charge on any atom is -0.368 e. The number of aryl methyl sites for hydroxylation is 2. The number of aromatic nitrogens is 2. The first-order valence-corrected chi connectivity index (χ1v) is 12.6. The number of nitrogens with two attached hydrogens (primary N) is 1. The van der Waals surface area contributed by atoms with Crippen LogP contribution in [0.1, 0.15) is 37.1 Å². The number of benzene rings is 2. The number of halogens is 1. The van der Waals surface area contributed by atoms with Crippen LogP contribution in [0, 0.1) is 12.8 Å². The maximum atomic E-state index is 12.1. The van der Waals surface area contributed by atoms with E-state index in [1.54, 1.807) is 12.1 Å². The zero-order valence-corrected chi connectivity index (χ0v) is 20.2. The molecule has 170 valence electrons. The number of nitrogens with one attached hydrogen (secondary N) is 1. The van der Waals surface area contributed by atoms with Crippen LogP contribution in [0.15, 0.2) is 48.5 Å². The number of sulfonamides is 1. The fourth-order valence-electron chi connectivity index (χ4n) is 3.54. The number of hydrogen-bond donors (Lipinski definition) is 2. The third-order valence-electron chi connectivity index (χ3n) is 5.02. The predicted octanol–water partition coefficient (Wildman–Crippen LogP) is 5.26. The van der Waals surface area contributed by atoms with E-state index >= 15 is 0 Å². The van der Waals surface area contributed by atoms with Crippen molar-refractivity contribution >= 4 is 33.3 Å². The summed E-state index contributed by atoms with van der Waals surface area (Å²) in [6.07, 6.45) is 2.47. The van der Waals surface area contributed by atoms with Crippen LogP contribution < -0.4 is 10.5 Å². The minimum atomic E-state index is -3.32. The van der Waals surface area contributed by atoms with E-state index in [2.05, 4.69) is 14.7 Å². The molecule has 1 heterocycles. The largest absolute Gasteiger partial charge is 0.368 e. The molecule has 0 amide bonds. The van der Waals surface area contributed by atoms with E-state index in [4.69, 9.17) is 17.3 Å². The Morgan fingerprint density at radius 1 is 1.06 bits per heavy atom. The molecule has 0 aliphatic carbocycles. The van der Waals surface area contributed by atoms with E-state index in [1.807, 2.05) is 57.2 Å². The first-order chi connectivity index (χ1) is 15.1. The number of anilines is 2. The zero-order valence-electron chi connectivity index (χ0n) is 18.6. The lowest BCUT2D eigenvalue weighted by atomic mass is 10.0. The van der Waals surface area contributed by atoms with Crippen molar-refractivity contribution in [3.63, 3.8) is 0 Å². The standard InChI is InChI=1S/C24H29ClN4O2S/c1-16(2)15-32(30,31)29-19-12-10-18(11-13-19)6-4-7-20-14-23(28-24(26)27-20)21-8-5-9-22(25)17(21)3/h5,8-14,16,29H,4,6-7,15H2,1-3H3,(H2,26,27,28). The molecule has 0 unspecified atom stereocenters. The summed E-state index contributed by atoms with van der Waals surface area (Å²) in [7, 11) is -3.32. The number of rotatable bonds is 9. The van der Waals surface area contributed by atoms with E-state index < -0.39 is 10.0 Å². The molecule has 0 radical (unpaired) electrons. The van der Waals surface area contributed by atoms with Crippen LogP contribution in [0.2, 0.25) is 5.02 Å². The molecule has 0 saturated heterocycles. The molecular formula is C24H29ClN4O2S. The van der Waals surface area contributed by atoms with Crippen molar-refractivity contribution in [3.05, 3.63) is 70.4 Å². The van der Waals surface area contributed by atoms with Crippen molar-refractivity contribution in [2.24, 2.45) is 5.92 Å². The normalized spacial score (nSPS) is 11.7. The summed E-state index contributed by atoms with van der Waals surface area (Å²) in [5.74, 6) is 0.425. The van der Waals surface area contributed by atoms with Crippen molar-refractivity contribution in [1.82, 2.24) is 9.97 Å². The molecule has 0 fully saturated rings. The van der Waals surface area contributed by atoms with Crippen molar-refractivity contribution in [1.29, 1.82) is 0 Å². The minimum absolute atomic E-state index is 0.0749. The van der Waals surface area contributed by atoms with Crippen molar-refractivity contribution in [2.45, 2.75) is 40.0 Å². The molecule has 0 aliphatic heterocycles. The molecule has 0 spiro atoms. The Labute approximate surface area is 195 Å². The summed E-state index contributed by atoms with van der Waals surface area (Å²) >= 11 is 6.25. The molecule has 0 atom stereocenters. The lowest BCUT2D eigenvalue weighted by Crippen LogP contribution is -2.19. The molecular weight excluding hydrogens is 444 g/mol. The van der Waals surface area contributed by atoms with Gasteiger partial charge in [-0.05, 0) is 67.5 Å². The molecule has 0 bridgehead atoms. The van der Waals surface area contributed by atoms with Crippen LogP contribution in [-0.2, 0) is 22.9 Å². The Morgan fingerprint density at radius 3 is 2.47 bits per heavy atom. The molecule has 0 aliphatic rings. The average Bonchev–Trinajstić information content (AvgIpc) is 2.69. The molecule has 3 aromatic rings. The highest BCUT2D eigenvalue weighted by molar-refractivity contribution is 7.92. The summed E-state index contributed by atoms with van der Waals surface area (Å²) in [5.41, 5.74) is 11.2. The second-order valence-corrected chi connectivity index (χ2v) is 10.5. The Kier molecular flexibility index (Phi) is 7.74. The summed E-state index contributed by atoms with van der Waals surface area (Å²) in [4.78, 5) is 8.76. The Bertz CT molecular complexity index is 1180. The number of nitrogen functional groups attached to an aromatic ring is 1. The number of nitrogens with zero attached hydrogens (tertiary/aromatic N) is 2. The van der Waals surface area contributed by atoms with E-state index in [-0.39, 0.29) is 17.6 Å². The highest BCUT2D eigenvalue weighted by atomic mass is 35.5. The molecule has 3 N–H and O–H groups in total. The van der Waals surface area contributed by atoms with Crippen molar-refractivity contribution in [2.75, 3.05) is 16.2 Å². The lowest BCUT2D eigenvalue weighted by Gasteiger charge is -2.11. The van der Waals surface area contributed by atoms with Gasteiger partial charge < -0.3 is 5.73 Å². The third-order valence-corrected chi connectivity index (χ3v) is 7.08. The number of hydrogen-bond acceptors (Lipinski definition) is 5. The van der Waals surface area contributed by atoms with Gasteiger partial charge in [0.15, 0.2) is 0 Å². The topological polar surface area (TPSA) is 98.0 Å². The van der Waals surface area contributed by atoms with Gasteiger partial charge in [-0.1, -0.05) is 49.7 Å². The fourth-order valence-corrected chi connectivity index (χ4v) is 5.17. The molecule has 3 rings (SSSR count). The van der Waals surface area contributed by atoms with Crippen molar-refractivity contribution in [3.8, 4) is 11.3 Å². The Hall–Kier alpha value is -2.64. The first-order valence-electron chi connectivity index (χ1n) is 10.6. The van der Waals surface area contributed by atoms with Gasteiger partial charge in [-0.15, -0.1) is 0 Å². The van der Waals surface area contributed by atoms with Gasteiger partial charge in [-0.2, -0.15) is 0 Å². The van der Waals surface area contributed by atoms with E-state index in [1.165, 1.54) is 0 Å². The smallest absolute Gasteiger partial charge is 0.232 e. The molecule has 32 heavy (non-hydrogen) atoms. The fraction of sp³-hybridized carbons (Fsp3) is 0.333. The predicted molar refractivity (Wildman–Crippen MR) is 132 cm³/mol. The quantitative estimate of drug-likeness (QED) is 0.442. The van der Waals surface area contributed by atoms with Crippen LogP contribution in [0.5, 0.6) is 0 Å².